The van der Waals surface area contributed by atoms with Crippen LogP contribution >= 0.6 is 7.82 Å². The Hall–Kier alpha value is -3.85. The molecule has 10 heteroatoms. The minimum Gasteiger partial charge on any atom is -0.462 e. The van der Waals surface area contributed by atoms with Gasteiger partial charge in [-0.3, -0.25) is 18.6 Å². The van der Waals surface area contributed by atoms with Crippen LogP contribution in [0.1, 0.15) is 162 Å². The van der Waals surface area contributed by atoms with E-state index in [4.69, 9.17) is 24.3 Å². The number of phosphoric ester groups is 1. The van der Waals surface area contributed by atoms with Crippen molar-refractivity contribution in [3.8, 4) is 0 Å². The first kappa shape index (κ1) is 60.2. The van der Waals surface area contributed by atoms with Crippen molar-refractivity contribution in [1.82, 2.24) is 0 Å². The summed E-state index contributed by atoms with van der Waals surface area (Å²) in [4.78, 5) is 34.8. The van der Waals surface area contributed by atoms with E-state index in [0.717, 1.165) is 116 Å². The van der Waals surface area contributed by atoms with Gasteiger partial charge < -0.3 is 20.1 Å². The summed E-state index contributed by atoms with van der Waals surface area (Å²) in [6.07, 6.45) is 68.0. The number of allylic oxidation sites excluding steroid dienone is 22. The van der Waals surface area contributed by atoms with Gasteiger partial charge in [0.1, 0.15) is 6.61 Å². The summed E-state index contributed by atoms with van der Waals surface area (Å²) in [6.45, 7) is 3.45. The standard InChI is InChI=1S/C54H86NO8P/c1-3-5-7-9-11-13-15-16-17-18-19-20-21-22-23-24-25-26-27-28-29-30-31-32-33-34-35-36-37-39-41-43-45-47-54(57)63-52(51-62-64(58,59)61-49-48-55)50-60-53(56)46-44-42-40-38-14-12-10-8-6-4-2/h5,7-8,10-11,13,16-17,19-20,22-23,25-26,28-29,31-32,34-35,37,39,52H,3-4,6,9,12,14-15,18,21,24,27,30,33,36,38,40-51,55H2,1-2H3,(H,58,59)/b7-5-,10-8-,13-11-,17-16-,20-19-,23-22-,26-25-,29-28-,32-31-,35-34-,39-37-. The summed E-state index contributed by atoms with van der Waals surface area (Å²) in [6, 6.07) is 0. The Balaban J connectivity index is 4.15. The maximum atomic E-state index is 12.6. The molecular weight excluding hydrogens is 822 g/mol. The van der Waals surface area contributed by atoms with E-state index < -0.39 is 32.5 Å². The van der Waals surface area contributed by atoms with E-state index in [1.807, 2.05) is 0 Å². The van der Waals surface area contributed by atoms with Crippen LogP contribution in [0, 0.1) is 0 Å². The molecule has 0 aromatic heterocycles. The molecule has 0 aliphatic heterocycles. The maximum absolute atomic E-state index is 12.6. The summed E-state index contributed by atoms with van der Waals surface area (Å²) in [7, 11) is -4.40. The van der Waals surface area contributed by atoms with Crippen LogP contribution < -0.4 is 5.73 Å². The van der Waals surface area contributed by atoms with Gasteiger partial charge in [0.05, 0.1) is 13.2 Å². The van der Waals surface area contributed by atoms with E-state index in [-0.39, 0.29) is 32.6 Å². The molecule has 0 rings (SSSR count). The molecule has 360 valence electrons. The van der Waals surface area contributed by atoms with Gasteiger partial charge in [-0.2, -0.15) is 0 Å². The fourth-order valence-electron chi connectivity index (χ4n) is 5.72. The van der Waals surface area contributed by atoms with Gasteiger partial charge >= 0.3 is 19.8 Å². The van der Waals surface area contributed by atoms with Crippen LogP contribution in [0.2, 0.25) is 0 Å². The van der Waals surface area contributed by atoms with Crippen LogP contribution in [0.15, 0.2) is 134 Å². The van der Waals surface area contributed by atoms with Gasteiger partial charge in [0.2, 0.25) is 0 Å². The third-order valence-corrected chi connectivity index (χ3v) is 10.2. The van der Waals surface area contributed by atoms with Crippen molar-refractivity contribution in [1.29, 1.82) is 0 Å². The minimum atomic E-state index is -4.40. The van der Waals surface area contributed by atoms with Crippen LogP contribution in [0.4, 0.5) is 0 Å². The van der Waals surface area contributed by atoms with E-state index in [1.54, 1.807) is 0 Å². The second-order valence-electron chi connectivity index (χ2n) is 15.2. The second-order valence-corrected chi connectivity index (χ2v) is 16.7. The lowest BCUT2D eigenvalue weighted by Crippen LogP contribution is -2.29. The van der Waals surface area contributed by atoms with E-state index in [1.165, 1.54) is 6.42 Å². The number of ether oxygens (including phenoxy) is 2. The molecule has 2 atom stereocenters. The fraction of sp³-hybridized carbons (Fsp3) is 0.556. The molecule has 0 aromatic carbocycles. The van der Waals surface area contributed by atoms with Crippen molar-refractivity contribution in [2.24, 2.45) is 5.73 Å². The van der Waals surface area contributed by atoms with Gasteiger partial charge in [0, 0.05) is 19.4 Å². The van der Waals surface area contributed by atoms with Gasteiger partial charge in [0.15, 0.2) is 6.10 Å². The van der Waals surface area contributed by atoms with Crippen LogP contribution in [0.3, 0.4) is 0 Å². The molecule has 0 heterocycles. The Labute approximate surface area is 389 Å². The zero-order valence-electron chi connectivity index (χ0n) is 39.7. The Morgan fingerprint density at radius 2 is 0.859 bits per heavy atom. The maximum Gasteiger partial charge on any atom is 0.472 e. The van der Waals surface area contributed by atoms with Crippen LogP contribution in [0.25, 0.3) is 0 Å². The van der Waals surface area contributed by atoms with Crippen LogP contribution in [-0.4, -0.2) is 49.3 Å². The summed E-state index contributed by atoms with van der Waals surface area (Å²) in [5.41, 5.74) is 5.34. The highest BCUT2D eigenvalue weighted by molar-refractivity contribution is 7.47. The highest BCUT2D eigenvalue weighted by Gasteiger charge is 2.26. The number of nitrogens with two attached hydrogens (primary N) is 1. The highest BCUT2D eigenvalue weighted by atomic mass is 31.2. The average molecular weight is 908 g/mol. The summed E-state index contributed by atoms with van der Waals surface area (Å²) >= 11 is 0. The van der Waals surface area contributed by atoms with Crippen molar-refractivity contribution in [3.05, 3.63) is 134 Å². The van der Waals surface area contributed by atoms with Crippen molar-refractivity contribution < 1.29 is 37.6 Å². The van der Waals surface area contributed by atoms with Crippen molar-refractivity contribution >= 4 is 19.8 Å². The third-order valence-electron chi connectivity index (χ3n) is 9.25. The SMILES string of the molecule is CC/C=C\C/C=C\C/C=C\C/C=C\C/C=C\C/C=C\C/C=C\C/C=C\C/C=C\C/C=C\CCCCC(=O)OC(COC(=O)CCCCCCC/C=C\CCC)COP(=O)(O)OCCN. The number of esters is 2. The van der Waals surface area contributed by atoms with E-state index in [0.29, 0.717) is 12.8 Å². The van der Waals surface area contributed by atoms with Gasteiger partial charge in [0.25, 0.3) is 0 Å². The van der Waals surface area contributed by atoms with Gasteiger partial charge in [-0.05, 0) is 109 Å². The van der Waals surface area contributed by atoms with Gasteiger partial charge in [-0.1, -0.05) is 173 Å². The molecule has 0 aliphatic rings. The Morgan fingerprint density at radius 3 is 1.33 bits per heavy atom. The predicted octanol–water partition coefficient (Wildman–Crippen LogP) is 14.7. The second kappa shape index (κ2) is 48.6. The Bertz CT molecular complexity index is 1500. The van der Waals surface area contributed by atoms with Gasteiger partial charge in [-0.15, -0.1) is 0 Å². The lowest BCUT2D eigenvalue weighted by Gasteiger charge is -2.19. The predicted molar refractivity (Wildman–Crippen MR) is 270 cm³/mol. The molecule has 0 bridgehead atoms. The molecule has 64 heavy (non-hydrogen) atoms. The zero-order valence-corrected chi connectivity index (χ0v) is 40.6. The van der Waals surface area contributed by atoms with Crippen LogP contribution in [-0.2, 0) is 32.7 Å². The largest absolute Gasteiger partial charge is 0.472 e. The van der Waals surface area contributed by atoms with E-state index >= 15 is 0 Å². The third kappa shape index (κ3) is 47.6. The summed E-state index contributed by atoms with van der Waals surface area (Å²) in [5.74, 6) is -0.908. The van der Waals surface area contributed by atoms with Crippen LogP contribution in [0.5, 0.6) is 0 Å². The molecule has 0 spiro atoms. The normalized spacial score (nSPS) is 14.4. The fourth-order valence-corrected chi connectivity index (χ4v) is 6.49. The Kier molecular flexibility index (Phi) is 45.7. The lowest BCUT2D eigenvalue weighted by atomic mass is 10.1. The van der Waals surface area contributed by atoms with Crippen molar-refractivity contribution in [2.45, 2.75) is 168 Å². The molecule has 3 N–H and O–H groups in total. The molecular formula is C54H86NO8P. The minimum absolute atomic E-state index is 0.0374. The number of carbonyl (C=O) groups is 2. The smallest absolute Gasteiger partial charge is 0.462 e. The van der Waals surface area contributed by atoms with Crippen molar-refractivity contribution in [3.63, 3.8) is 0 Å². The topological polar surface area (TPSA) is 134 Å². The number of unbranched alkanes of at least 4 members (excludes halogenated alkanes) is 8. The molecule has 2 unspecified atom stereocenters. The number of hydrogen-bond acceptors (Lipinski definition) is 8. The molecule has 0 amide bonds. The van der Waals surface area contributed by atoms with Crippen molar-refractivity contribution in [2.75, 3.05) is 26.4 Å². The first-order valence-electron chi connectivity index (χ1n) is 24.2. The Morgan fingerprint density at radius 1 is 0.484 bits per heavy atom. The van der Waals surface area contributed by atoms with Gasteiger partial charge in [-0.25, -0.2) is 4.57 Å². The lowest BCUT2D eigenvalue weighted by molar-refractivity contribution is -0.161. The van der Waals surface area contributed by atoms with E-state index in [9.17, 15) is 19.0 Å². The highest BCUT2D eigenvalue weighted by Crippen LogP contribution is 2.43. The first-order chi connectivity index (χ1) is 31.3. The number of hydrogen-bond donors (Lipinski definition) is 2. The summed E-state index contributed by atoms with van der Waals surface area (Å²) in [5, 5.41) is 0. The molecule has 0 saturated carbocycles. The van der Waals surface area contributed by atoms with E-state index in [2.05, 4.69) is 148 Å². The molecule has 9 nitrogen and oxygen atoms in total. The molecule has 0 fully saturated rings. The molecule has 0 radical (unpaired) electrons. The quantitative estimate of drug-likeness (QED) is 0.0265. The average Bonchev–Trinajstić information content (AvgIpc) is 3.28. The zero-order chi connectivity index (χ0) is 46.7. The molecule has 0 aliphatic carbocycles. The number of phosphoric acid groups is 1. The first-order valence-corrected chi connectivity index (χ1v) is 25.7. The number of carbonyl (C=O) groups excluding carboxylic acids is 2. The summed E-state index contributed by atoms with van der Waals surface area (Å²) < 4.78 is 32.7. The monoisotopic (exact) mass is 908 g/mol. The molecule has 0 aromatic rings. The molecule has 0 saturated heterocycles. The number of rotatable bonds is 43.